The fourth-order valence-electron chi connectivity index (χ4n) is 3.95. The molecule has 1 aromatic carbocycles. The molecule has 27 heavy (non-hydrogen) atoms. The summed E-state index contributed by atoms with van der Waals surface area (Å²) in [6, 6.07) is 12.9. The van der Waals surface area contributed by atoms with Gasteiger partial charge in [-0.15, -0.1) is 0 Å². The van der Waals surface area contributed by atoms with Crippen LogP contribution in [-0.2, 0) is 6.54 Å². The maximum Gasteiger partial charge on any atom is 0.134 e. The standard InChI is InChI=1S/C21H30N6/c1-2-24-8-12-26(13-9-24)20-16-21(23-18-22-20)27-14-10-25(11-15-27)17-19-6-4-3-5-7-19/h3-7,16,18H,2,8-15,17H2,1H3. The number of hydrogen-bond donors (Lipinski definition) is 0. The lowest BCUT2D eigenvalue weighted by Gasteiger charge is -2.37. The number of benzene rings is 1. The quantitative estimate of drug-likeness (QED) is 0.805. The minimum atomic E-state index is 1.02. The molecule has 6 nitrogen and oxygen atoms in total. The van der Waals surface area contributed by atoms with E-state index in [1.807, 2.05) is 0 Å². The second kappa shape index (κ2) is 8.67. The smallest absolute Gasteiger partial charge is 0.134 e. The fourth-order valence-corrected chi connectivity index (χ4v) is 3.95. The maximum absolute atomic E-state index is 4.56. The fraction of sp³-hybridized carbons (Fsp3) is 0.524. The molecular formula is C21H30N6. The molecule has 2 saturated heterocycles. The first-order valence-corrected chi connectivity index (χ1v) is 10.1. The van der Waals surface area contributed by atoms with Gasteiger partial charge in [-0.3, -0.25) is 4.90 Å². The molecule has 2 fully saturated rings. The first-order chi connectivity index (χ1) is 13.3. The van der Waals surface area contributed by atoms with Crippen LogP contribution in [0.4, 0.5) is 11.6 Å². The molecule has 0 spiro atoms. The van der Waals surface area contributed by atoms with Crippen molar-refractivity contribution >= 4 is 11.6 Å². The first-order valence-electron chi connectivity index (χ1n) is 10.1. The van der Waals surface area contributed by atoms with Crippen LogP contribution in [0.2, 0.25) is 0 Å². The molecule has 6 heteroatoms. The molecule has 2 aromatic rings. The highest BCUT2D eigenvalue weighted by molar-refractivity contribution is 5.50. The summed E-state index contributed by atoms with van der Waals surface area (Å²) >= 11 is 0. The van der Waals surface area contributed by atoms with Crippen molar-refractivity contribution in [1.82, 2.24) is 19.8 Å². The van der Waals surface area contributed by atoms with Crippen LogP contribution in [0, 0.1) is 0 Å². The van der Waals surface area contributed by atoms with Gasteiger partial charge in [0.2, 0.25) is 0 Å². The molecule has 0 saturated carbocycles. The average molecular weight is 367 g/mol. The van der Waals surface area contributed by atoms with E-state index in [0.29, 0.717) is 0 Å². The van der Waals surface area contributed by atoms with Crippen LogP contribution in [0.5, 0.6) is 0 Å². The Labute approximate surface area is 162 Å². The molecule has 0 radical (unpaired) electrons. The van der Waals surface area contributed by atoms with Crippen LogP contribution in [0.15, 0.2) is 42.7 Å². The van der Waals surface area contributed by atoms with Gasteiger partial charge >= 0.3 is 0 Å². The van der Waals surface area contributed by atoms with E-state index >= 15 is 0 Å². The Morgan fingerprint density at radius 2 is 1.30 bits per heavy atom. The van der Waals surface area contributed by atoms with Crippen molar-refractivity contribution in [3.8, 4) is 0 Å². The van der Waals surface area contributed by atoms with Gasteiger partial charge in [0.05, 0.1) is 0 Å². The van der Waals surface area contributed by atoms with Crippen molar-refractivity contribution in [2.75, 3.05) is 68.7 Å². The first kappa shape index (κ1) is 18.2. The molecule has 0 unspecified atom stereocenters. The summed E-state index contributed by atoms with van der Waals surface area (Å²) in [5, 5.41) is 0. The molecular weight excluding hydrogens is 336 g/mol. The van der Waals surface area contributed by atoms with Crippen molar-refractivity contribution in [2.24, 2.45) is 0 Å². The SMILES string of the molecule is CCN1CCN(c2cc(N3CCN(Cc4ccccc4)CC3)ncn2)CC1. The van der Waals surface area contributed by atoms with Crippen LogP contribution >= 0.6 is 0 Å². The van der Waals surface area contributed by atoms with Gasteiger partial charge in [-0.05, 0) is 12.1 Å². The third-order valence-electron chi connectivity index (χ3n) is 5.73. The molecule has 0 atom stereocenters. The van der Waals surface area contributed by atoms with E-state index in [-0.39, 0.29) is 0 Å². The van der Waals surface area contributed by atoms with Crippen LogP contribution in [0.1, 0.15) is 12.5 Å². The topological polar surface area (TPSA) is 38.7 Å². The molecule has 0 amide bonds. The van der Waals surface area contributed by atoms with Gasteiger partial charge in [-0.25, -0.2) is 9.97 Å². The highest BCUT2D eigenvalue weighted by Crippen LogP contribution is 2.20. The van der Waals surface area contributed by atoms with Crippen molar-refractivity contribution in [1.29, 1.82) is 0 Å². The highest BCUT2D eigenvalue weighted by Gasteiger charge is 2.21. The lowest BCUT2D eigenvalue weighted by atomic mass is 10.2. The van der Waals surface area contributed by atoms with Crippen molar-refractivity contribution in [3.63, 3.8) is 0 Å². The number of nitrogens with zero attached hydrogens (tertiary/aromatic N) is 6. The van der Waals surface area contributed by atoms with E-state index in [1.54, 1.807) is 6.33 Å². The maximum atomic E-state index is 4.56. The summed E-state index contributed by atoms with van der Waals surface area (Å²) in [7, 11) is 0. The Morgan fingerprint density at radius 3 is 1.85 bits per heavy atom. The summed E-state index contributed by atoms with van der Waals surface area (Å²) in [4.78, 5) is 18.9. The molecule has 2 aliphatic heterocycles. The van der Waals surface area contributed by atoms with Gasteiger partial charge in [0.25, 0.3) is 0 Å². The van der Waals surface area contributed by atoms with Crippen molar-refractivity contribution in [2.45, 2.75) is 13.5 Å². The highest BCUT2D eigenvalue weighted by atomic mass is 15.3. The lowest BCUT2D eigenvalue weighted by Crippen LogP contribution is -2.47. The van der Waals surface area contributed by atoms with Crippen LogP contribution in [0.25, 0.3) is 0 Å². The zero-order valence-corrected chi connectivity index (χ0v) is 16.3. The van der Waals surface area contributed by atoms with Gasteiger partial charge < -0.3 is 14.7 Å². The molecule has 0 N–H and O–H groups in total. The zero-order valence-electron chi connectivity index (χ0n) is 16.3. The lowest BCUT2D eigenvalue weighted by molar-refractivity contribution is 0.249. The van der Waals surface area contributed by atoms with Crippen LogP contribution in [0.3, 0.4) is 0 Å². The molecule has 0 bridgehead atoms. The number of aromatic nitrogens is 2. The Hall–Kier alpha value is -2.18. The summed E-state index contributed by atoms with van der Waals surface area (Å²) in [6.07, 6.45) is 1.73. The van der Waals surface area contributed by atoms with E-state index < -0.39 is 0 Å². The third-order valence-corrected chi connectivity index (χ3v) is 5.73. The van der Waals surface area contributed by atoms with Gasteiger partial charge in [-0.1, -0.05) is 37.3 Å². The van der Waals surface area contributed by atoms with Gasteiger partial charge in [0.15, 0.2) is 0 Å². The van der Waals surface area contributed by atoms with Gasteiger partial charge in [0, 0.05) is 65.0 Å². The Bertz CT molecular complexity index is 706. The predicted octanol–water partition coefficient (Wildman–Crippen LogP) is 1.94. The van der Waals surface area contributed by atoms with Gasteiger partial charge in [-0.2, -0.15) is 0 Å². The largest absolute Gasteiger partial charge is 0.354 e. The minimum Gasteiger partial charge on any atom is -0.354 e. The predicted molar refractivity (Wildman–Crippen MR) is 110 cm³/mol. The Balaban J connectivity index is 1.33. The molecule has 2 aliphatic rings. The van der Waals surface area contributed by atoms with E-state index in [2.05, 4.69) is 72.9 Å². The average Bonchev–Trinajstić information content (AvgIpc) is 2.75. The normalized spacial score (nSPS) is 19.4. The summed E-state index contributed by atoms with van der Waals surface area (Å²) in [5.74, 6) is 2.14. The second-order valence-electron chi connectivity index (χ2n) is 7.40. The third kappa shape index (κ3) is 4.57. The van der Waals surface area contributed by atoms with Crippen LogP contribution < -0.4 is 9.80 Å². The molecule has 1 aromatic heterocycles. The van der Waals surface area contributed by atoms with E-state index in [9.17, 15) is 0 Å². The molecule has 4 rings (SSSR count). The number of likely N-dealkylation sites (N-methyl/N-ethyl adjacent to an activating group) is 1. The molecule has 144 valence electrons. The van der Waals surface area contributed by atoms with Crippen molar-refractivity contribution in [3.05, 3.63) is 48.3 Å². The van der Waals surface area contributed by atoms with Crippen LogP contribution in [-0.4, -0.2) is 78.7 Å². The number of hydrogen-bond acceptors (Lipinski definition) is 6. The second-order valence-corrected chi connectivity index (χ2v) is 7.40. The van der Waals surface area contributed by atoms with Gasteiger partial charge in [0.1, 0.15) is 18.0 Å². The monoisotopic (exact) mass is 366 g/mol. The summed E-state index contributed by atoms with van der Waals surface area (Å²) < 4.78 is 0. The summed E-state index contributed by atoms with van der Waals surface area (Å²) in [6.45, 7) is 12.9. The molecule has 3 heterocycles. The zero-order chi connectivity index (χ0) is 18.5. The minimum absolute atomic E-state index is 1.02. The number of rotatable bonds is 5. The Kier molecular flexibility index (Phi) is 5.84. The Morgan fingerprint density at radius 1 is 0.741 bits per heavy atom. The van der Waals surface area contributed by atoms with E-state index in [4.69, 9.17) is 0 Å². The van der Waals surface area contributed by atoms with Crippen molar-refractivity contribution < 1.29 is 0 Å². The number of piperazine rings is 2. The van der Waals surface area contributed by atoms with E-state index in [1.165, 1.54) is 5.56 Å². The van der Waals surface area contributed by atoms with E-state index in [0.717, 1.165) is 77.1 Å². The summed E-state index contributed by atoms with van der Waals surface area (Å²) in [5.41, 5.74) is 1.39. The number of anilines is 2. The molecule has 0 aliphatic carbocycles.